The first-order valence-corrected chi connectivity index (χ1v) is 4.36. The van der Waals surface area contributed by atoms with Crippen molar-refractivity contribution in [2.75, 3.05) is 0 Å². The number of nitrogens with zero attached hydrogens (tertiary/aromatic N) is 1. The van der Waals surface area contributed by atoms with Crippen molar-refractivity contribution in [3.63, 3.8) is 0 Å². The van der Waals surface area contributed by atoms with Crippen LogP contribution in [0.15, 0.2) is 18.3 Å². The standard InChI is InChI=1S/C9H13ClN2/c1-6(7(2)11)9-8(10)4-3-5-12-9/h3-7H,11H2,1-2H3. The highest BCUT2D eigenvalue weighted by Gasteiger charge is 2.14. The molecule has 2 atom stereocenters. The number of aromatic nitrogens is 1. The largest absolute Gasteiger partial charge is 0.327 e. The predicted molar refractivity (Wildman–Crippen MR) is 51.3 cm³/mol. The molecule has 0 spiro atoms. The lowest BCUT2D eigenvalue weighted by molar-refractivity contribution is 0.598. The smallest absolute Gasteiger partial charge is 0.0633 e. The molecule has 0 fully saturated rings. The Balaban J connectivity index is 2.94. The molecule has 0 aliphatic rings. The van der Waals surface area contributed by atoms with E-state index in [1.807, 2.05) is 26.0 Å². The van der Waals surface area contributed by atoms with Crippen LogP contribution in [0.4, 0.5) is 0 Å². The minimum absolute atomic E-state index is 0.0809. The number of pyridine rings is 1. The van der Waals surface area contributed by atoms with Crippen LogP contribution in [0.5, 0.6) is 0 Å². The molecule has 0 saturated heterocycles. The molecular formula is C9H13ClN2. The van der Waals surface area contributed by atoms with Crippen molar-refractivity contribution in [2.45, 2.75) is 25.8 Å². The normalized spacial score (nSPS) is 15.7. The molecule has 3 heteroatoms. The summed E-state index contributed by atoms with van der Waals surface area (Å²) >= 11 is 5.95. The molecule has 1 aromatic rings. The molecule has 12 heavy (non-hydrogen) atoms. The van der Waals surface area contributed by atoms with Crippen LogP contribution in [0.2, 0.25) is 5.02 Å². The van der Waals surface area contributed by atoms with Gasteiger partial charge in [-0.15, -0.1) is 0 Å². The fraction of sp³-hybridized carbons (Fsp3) is 0.444. The molecule has 0 saturated carbocycles. The maximum atomic E-state index is 5.95. The molecule has 0 amide bonds. The summed E-state index contributed by atoms with van der Waals surface area (Å²) in [5.74, 6) is 0.207. The number of hydrogen-bond donors (Lipinski definition) is 1. The van der Waals surface area contributed by atoms with Crippen LogP contribution in [0.25, 0.3) is 0 Å². The average Bonchev–Trinajstić information content (AvgIpc) is 2.04. The second kappa shape index (κ2) is 3.87. The Kier molecular flexibility index (Phi) is 3.06. The summed E-state index contributed by atoms with van der Waals surface area (Å²) in [6, 6.07) is 3.74. The SMILES string of the molecule is CC(N)C(C)c1ncccc1Cl. The molecule has 0 aliphatic carbocycles. The van der Waals surface area contributed by atoms with E-state index in [9.17, 15) is 0 Å². The zero-order chi connectivity index (χ0) is 9.14. The van der Waals surface area contributed by atoms with Crippen LogP contribution in [0.3, 0.4) is 0 Å². The summed E-state index contributed by atoms with van der Waals surface area (Å²) in [6.45, 7) is 3.98. The van der Waals surface area contributed by atoms with E-state index in [-0.39, 0.29) is 12.0 Å². The Labute approximate surface area is 77.8 Å². The van der Waals surface area contributed by atoms with E-state index in [0.717, 1.165) is 5.69 Å². The van der Waals surface area contributed by atoms with Crippen LogP contribution in [0, 0.1) is 0 Å². The zero-order valence-electron chi connectivity index (χ0n) is 7.29. The van der Waals surface area contributed by atoms with Gasteiger partial charge in [-0.2, -0.15) is 0 Å². The van der Waals surface area contributed by atoms with Crippen molar-refractivity contribution in [1.29, 1.82) is 0 Å². The highest BCUT2D eigenvalue weighted by atomic mass is 35.5. The number of hydrogen-bond acceptors (Lipinski definition) is 2. The van der Waals surface area contributed by atoms with Crippen LogP contribution < -0.4 is 5.73 Å². The van der Waals surface area contributed by atoms with Crippen molar-refractivity contribution in [2.24, 2.45) is 5.73 Å². The van der Waals surface area contributed by atoms with Gasteiger partial charge >= 0.3 is 0 Å². The lowest BCUT2D eigenvalue weighted by Gasteiger charge is -2.15. The van der Waals surface area contributed by atoms with Crippen molar-refractivity contribution in [1.82, 2.24) is 4.98 Å². The Hall–Kier alpha value is -0.600. The van der Waals surface area contributed by atoms with Gasteiger partial charge in [-0.3, -0.25) is 4.98 Å². The molecule has 0 radical (unpaired) electrons. The monoisotopic (exact) mass is 184 g/mol. The molecule has 2 unspecified atom stereocenters. The fourth-order valence-corrected chi connectivity index (χ4v) is 1.28. The van der Waals surface area contributed by atoms with Gasteiger partial charge in [0.2, 0.25) is 0 Å². The topological polar surface area (TPSA) is 38.9 Å². The third-order valence-corrected chi connectivity index (χ3v) is 2.33. The molecular weight excluding hydrogens is 172 g/mol. The van der Waals surface area contributed by atoms with E-state index in [1.165, 1.54) is 0 Å². The van der Waals surface area contributed by atoms with Gasteiger partial charge in [-0.25, -0.2) is 0 Å². The average molecular weight is 185 g/mol. The van der Waals surface area contributed by atoms with Gasteiger partial charge < -0.3 is 5.73 Å². The van der Waals surface area contributed by atoms with Crippen molar-refractivity contribution < 1.29 is 0 Å². The van der Waals surface area contributed by atoms with Gasteiger partial charge in [0.05, 0.1) is 10.7 Å². The minimum Gasteiger partial charge on any atom is -0.327 e. The first-order valence-electron chi connectivity index (χ1n) is 3.99. The van der Waals surface area contributed by atoms with Gasteiger partial charge in [0.1, 0.15) is 0 Å². The highest BCUT2D eigenvalue weighted by molar-refractivity contribution is 6.31. The van der Waals surface area contributed by atoms with Crippen LogP contribution in [-0.4, -0.2) is 11.0 Å². The molecule has 0 aromatic carbocycles. The van der Waals surface area contributed by atoms with Crippen molar-refractivity contribution in [3.05, 3.63) is 29.0 Å². The Morgan fingerprint density at radius 2 is 2.17 bits per heavy atom. The number of nitrogens with two attached hydrogens (primary N) is 1. The maximum Gasteiger partial charge on any atom is 0.0633 e. The second-order valence-corrected chi connectivity index (χ2v) is 3.43. The van der Waals surface area contributed by atoms with Crippen molar-refractivity contribution in [3.8, 4) is 0 Å². The first kappa shape index (κ1) is 9.49. The summed E-state index contributed by atoms with van der Waals surface area (Å²) < 4.78 is 0. The summed E-state index contributed by atoms with van der Waals surface area (Å²) in [7, 11) is 0. The Morgan fingerprint density at radius 3 is 2.67 bits per heavy atom. The Bertz CT molecular complexity index is 260. The fourth-order valence-electron chi connectivity index (χ4n) is 0.982. The third-order valence-electron chi connectivity index (χ3n) is 2.01. The van der Waals surface area contributed by atoms with E-state index < -0.39 is 0 Å². The van der Waals surface area contributed by atoms with Crippen LogP contribution >= 0.6 is 11.6 Å². The third kappa shape index (κ3) is 1.96. The number of halogens is 1. The quantitative estimate of drug-likeness (QED) is 0.766. The Morgan fingerprint density at radius 1 is 1.50 bits per heavy atom. The molecule has 1 rings (SSSR count). The van der Waals surface area contributed by atoms with Crippen LogP contribution in [0.1, 0.15) is 25.5 Å². The van der Waals surface area contributed by atoms with E-state index in [0.29, 0.717) is 5.02 Å². The maximum absolute atomic E-state index is 5.95. The highest BCUT2D eigenvalue weighted by Crippen LogP contribution is 2.22. The van der Waals surface area contributed by atoms with Gasteiger partial charge in [-0.05, 0) is 19.1 Å². The van der Waals surface area contributed by atoms with E-state index >= 15 is 0 Å². The summed E-state index contributed by atoms with van der Waals surface area (Å²) in [4.78, 5) is 4.19. The molecule has 0 bridgehead atoms. The second-order valence-electron chi connectivity index (χ2n) is 3.02. The van der Waals surface area contributed by atoms with Gasteiger partial charge in [-0.1, -0.05) is 18.5 Å². The van der Waals surface area contributed by atoms with Crippen LogP contribution in [-0.2, 0) is 0 Å². The molecule has 1 aromatic heterocycles. The van der Waals surface area contributed by atoms with E-state index in [2.05, 4.69) is 4.98 Å². The van der Waals surface area contributed by atoms with Gasteiger partial charge in [0, 0.05) is 18.2 Å². The lowest BCUT2D eigenvalue weighted by Crippen LogP contribution is -2.23. The van der Waals surface area contributed by atoms with Gasteiger partial charge in [0.25, 0.3) is 0 Å². The lowest BCUT2D eigenvalue weighted by atomic mass is 10.0. The molecule has 2 nitrogen and oxygen atoms in total. The number of rotatable bonds is 2. The first-order chi connectivity index (χ1) is 5.63. The predicted octanol–water partition coefficient (Wildman–Crippen LogP) is 2.19. The van der Waals surface area contributed by atoms with Crippen molar-refractivity contribution >= 4 is 11.6 Å². The summed E-state index contributed by atoms with van der Waals surface area (Å²) in [6.07, 6.45) is 1.74. The zero-order valence-corrected chi connectivity index (χ0v) is 8.05. The van der Waals surface area contributed by atoms with Gasteiger partial charge in [0.15, 0.2) is 0 Å². The molecule has 66 valence electrons. The molecule has 2 N–H and O–H groups in total. The van der Waals surface area contributed by atoms with E-state index in [4.69, 9.17) is 17.3 Å². The molecule has 0 aliphatic heterocycles. The minimum atomic E-state index is 0.0809. The summed E-state index contributed by atoms with van der Waals surface area (Å²) in [5, 5.41) is 0.697. The van der Waals surface area contributed by atoms with E-state index in [1.54, 1.807) is 6.20 Å². The molecule has 1 heterocycles. The summed E-state index contributed by atoms with van der Waals surface area (Å²) in [5.41, 5.74) is 6.62.